The Balaban J connectivity index is 6.12. The number of likely N-dealkylation sites (N-methyl/N-ethyl adjacent to an activating group) is 2. The molecule has 7 nitrogen and oxygen atoms in total. The van der Waals surface area contributed by atoms with Crippen LogP contribution in [0.25, 0.3) is 0 Å². The second-order valence-electron chi connectivity index (χ2n) is 5.84. The second kappa shape index (κ2) is 6.62. The van der Waals surface area contributed by atoms with Gasteiger partial charge in [-0.2, -0.15) is 8.42 Å². The van der Waals surface area contributed by atoms with Crippen molar-refractivity contribution in [2.75, 3.05) is 14.1 Å². The van der Waals surface area contributed by atoms with E-state index in [-0.39, 0.29) is 11.1 Å². The molecule has 0 heterocycles. The molecule has 126 valence electrons. The summed E-state index contributed by atoms with van der Waals surface area (Å²) in [4.78, 5) is 26.4. The van der Waals surface area contributed by atoms with Gasteiger partial charge in [-0.25, -0.2) is 0 Å². The lowest BCUT2D eigenvalue weighted by Crippen LogP contribution is -2.62. The summed E-state index contributed by atoms with van der Waals surface area (Å²) in [6, 6.07) is 0. The smallest absolute Gasteiger partial charge is 0.274 e. The standard InChI is InChI=1S/C14H24N2O5S/c1-9(2)11(17)15(7)13(14(5,6)22(19,20)21)16(8)12(18)10(3)4/h13H,1,3H2,2,4-8H3,(H,19,20,21). The molecular formula is C14H24N2O5S. The summed E-state index contributed by atoms with van der Waals surface area (Å²) in [5, 5.41) is 0. The molecule has 0 saturated carbocycles. The summed E-state index contributed by atoms with van der Waals surface area (Å²) in [5.41, 5.74) is 0.352. The first-order valence-electron chi connectivity index (χ1n) is 6.48. The predicted molar refractivity (Wildman–Crippen MR) is 84.6 cm³/mol. The van der Waals surface area contributed by atoms with Gasteiger partial charge in [0, 0.05) is 25.2 Å². The number of nitrogens with zero attached hydrogens (tertiary/aromatic N) is 2. The molecule has 0 aliphatic carbocycles. The van der Waals surface area contributed by atoms with Crippen molar-refractivity contribution in [3.8, 4) is 0 Å². The van der Waals surface area contributed by atoms with Crippen LogP contribution in [0.5, 0.6) is 0 Å². The lowest BCUT2D eigenvalue weighted by atomic mass is 10.1. The quantitative estimate of drug-likeness (QED) is 0.446. The molecule has 0 aromatic rings. The monoisotopic (exact) mass is 332 g/mol. The zero-order chi connectivity index (χ0) is 18.0. The number of carbonyl (C=O) groups excluding carboxylic acids is 2. The van der Waals surface area contributed by atoms with E-state index in [0.717, 1.165) is 9.80 Å². The number of rotatable bonds is 6. The van der Waals surface area contributed by atoms with Crippen LogP contribution in [0.1, 0.15) is 27.7 Å². The molecule has 0 atom stereocenters. The maximum absolute atomic E-state index is 12.1. The molecule has 0 radical (unpaired) electrons. The molecule has 8 heteroatoms. The third kappa shape index (κ3) is 3.95. The minimum absolute atomic E-state index is 0.176. The Morgan fingerprint density at radius 2 is 1.27 bits per heavy atom. The van der Waals surface area contributed by atoms with Crippen LogP contribution in [0.15, 0.2) is 24.3 Å². The SMILES string of the molecule is C=C(C)C(=O)N(C)C(N(C)C(=O)C(=C)C)C(C)(C)S(=O)(=O)O. The van der Waals surface area contributed by atoms with Gasteiger partial charge in [0.1, 0.15) is 10.9 Å². The van der Waals surface area contributed by atoms with E-state index < -0.39 is 32.8 Å². The molecular weight excluding hydrogens is 308 g/mol. The second-order valence-corrected chi connectivity index (χ2v) is 7.85. The van der Waals surface area contributed by atoms with Crippen molar-refractivity contribution >= 4 is 21.9 Å². The van der Waals surface area contributed by atoms with Crippen molar-refractivity contribution < 1.29 is 22.6 Å². The van der Waals surface area contributed by atoms with Crippen molar-refractivity contribution in [2.24, 2.45) is 0 Å². The largest absolute Gasteiger partial charge is 0.320 e. The molecule has 1 N–H and O–H groups in total. The van der Waals surface area contributed by atoms with Crippen LogP contribution < -0.4 is 0 Å². The summed E-state index contributed by atoms with van der Waals surface area (Å²) >= 11 is 0. The van der Waals surface area contributed by atoms with E-state index in [1.165, 1.54) is 41.8 Å². The van der Waals surface area contributed by atoms with Gasteiger partial charge < -0.3 is 9.80 Å². The van der Waals surface area contributed by atoms with Gasteiger partial charge in [-0.3, -0.25) is 14.1 Å². The van der Waals surface area contributed by atoms with Crippen LogP contribution in [0.3, 0.4) is 0 Å². The van der Waals surface area contributed by atoms with Crippen LogP contribution >= 0.6 is 0 Å². The molecule has 0 rings (SSSR count). The Morgan fingerprint density at radius 1 is 1.00 bits per heavy atom. The van der Waals surface area contributed by atoms with E-state index in [2.05, 4.69) is 13.2 Å². The molecule has 0 aromatic heterocycles. The third-order valence-electron chi connectivity index (χ3n) is 3.39. The number of hydrogen-bond donors (Lipinski definition) is 1. The molecule has 0 bridgehead atoms. The number of hydrogen-bond acceptors (Lipinski definition) is 4. The van der Waals surface area contributed by atoms with Crippen LogP contribution in [0, 0.1) is 0 Å². The number of carbonyl (C=O) groups is 2. The minimum atomic E-state index is -4.56. The lowest BCUT2D eigenvalue weighted by Gasteiger charge is -2.43. The normalized spacial score (nSPS) is 12.0. The van der Waals surface area contributed by atoms with Crippen molar-refractivity contribution in [1.29, 1.82) is 0 Å². The number of amides is 2. The highest BCUT2D eigenvalue weighted by atomic mass is 32.2. The molecule has 0 aliphatic rings. The average Bonchev–Trinajstić information content (AvgIpc) is 2.34. The highest BCUT2D eigenvalue weighted by Crippen LogP contribution is 2.27. The molecule has 0 spiro atoms. The Hall–Kier alpha value is -1.67. The van der Waals surface area contributed by atoms with Gasteiger partial charge in [-0.15, -0.1) is 0 Å². The summed E-state index contributed by atoms with van der Waals surface area (Å²) in [6.07, 6.45) is -1.24. The fraction of sp³-hybridized carbons (Fsp3) is 0.571. The highest BCUT2D eigenvalue weighted by molar-refractivity contribution is 7.87. The van der Waals surface area contributed by atoms with Crippen LogP contribution in [-0.4, -0.2) is 59.6 Å². The Labute approximate surface area is 132 Å². The molecule has 22 heavy (non-hydrogen) atoms. The van der Waals surface area contributed by atoms with Crippen LogP contribution in [0.4, 0.5) is 0 Å². The first kappa shape index (κ1) is 20.3. The van der Waals surface area contributed by atoms with Crippen molar-refractivity contribution in [3.05, 3.63) is 24.3 Å². The predicted octanol–water partition coefficient (Wildman–Crippen LogP) is 1.05. The summed E-state index contributed by atoms with van der Waals surface area (Å²) in [6.45, 7) is 12.4. The Bertz CT molecular complexity index is 575. The molecule has 0 fully saturated rings. The first-order valence-corrected chi connectivity index (χ1v) is 7.92. The van der Waals surface area contributed by atoms with Gasteiger partial charge in [0.2, 0.25) is 11.8 Å². The zero-order valence-corrected chi connectivity index (χ0v) is 14.7. The van der Waals surface area contributed by atoms with Gasteiger partial charge in [0.25, 0.3) is 10.1 Å². The van der Waals surface area contributed by atoms with Crippen LogP contribution in [-0.2, 0) is 19.7 Å². The van der Waals surface area contributed by atoms with E-state index in [1.807, 2.05) is 0 Å². The fourth-order valence-electron chi connectivity index (χ4n) is 2.15. The minimum Gasteiger partial charge on any atom is -0.320 e. The maximum Gasteiger partial charge on any atom is 0.274 e. The zero-order valence-electron chi connectivity index (χ0n) is 13.9. The van der Waals surface area contributed by atoms with Crippen molar-refractivity contribution in [2.45, 2.75) is 38.6 Å². The molecule has 0 unspecified atom stereocenters. The van der Waals surface area contributed by atoms with E-state index in [9.17, 15) is 22.6 Å². The van der Waals surface area contributed by atoms with E-state index in [1.54, 1.807) is 0 Å². The van der Waals surface area contributed by atoms with Crippen molar-refractivity contribution in [1.82, 2.24) is 9.80 Å². The van der Waals surface area contributed by atoms with E-state index >= 15 is 0 Å². The topological polar surface area (TPSA) is 95.0 Å². The summed E-state index contributed by atoms with van der Waals surface area (Å²) < 4.78 is 31.1. The van der Waals surface area contributed by atoms with Gasteiger partial charge in [0.15, 0.2) is 0 Å². The first-order chi connectivity index (χ1) is 9.66. The molecule has 2 amide bonds. The molecule has 0 aromatic carbocycles. The van der Waals surface area contributed by atoms with Crippen LogP contribution in [0.2, 0.25) is 0 Å². The summed E-state index contributed by atoms with van der Waals surface area (Å²) in [5.74, 6) is -1.08. The summed E-state index contributed by atoms with van der Waals surface area (Å²) in [7, 11) is -1.87. The Morgan fingerprint density at radius 3 is 1.45 bits per heavy atom. The third-order valence-corrected chi connectivity index (χ3v) is 4.93. The van der Waals surface area contributed by atoms with Gasteiger partial charge in [-0.05, 0) is 27.7 Å². The molecule has 0 saturated heterocycles. The van der Waals surface area contributed by atoms with Gasteiger partial charge in [-0.1, -0.05) is 13.2 Å². The van der Waals surface area contributed by atoms with Gasteiger partial charge >= 0.3 is 0 Å². The Kier molecular flexibility index (Phi) is 6.11. The van der Waals surface area contributed by atoms with Crippen molar-refractivity contribution in [3.63, 3.8) is 0 Å². The van der Waals surface area contributed by atoms with Gasteiger partial charge in [0.05, 0.1) is 0 Å². The maximum atomic E-state index is 12.1. The lowest BCUT2D eigenvalue weighted by molar-refractivity contribution is -0.140. The molecule has 0 aliphatic heterocycles. The van der Waals surface area contributed by atoms with E-state index in [0.29, 0.717) is 0 Å². The highest BCUT2D eigenvalue weighted by Gasteiger charge is 2.48. The fourth-order valence-corrected chi connectivity index (χ4v) is 2.73. The van der Waals surface area contributed by atoms with E-state index in [4.69, 9.17) is 0 Å². The average molecular weight is 332 g/mol.